The van der Waals surface area contributed by atoms with Crippen molar-refractivity contribution in [3.05, 3.63) is 78.3 Å². The Kier molecular flexibility index (Phi) is 6.86. The van der Waals surface area contributed by atoms with Crippen molar-refractivity contribution in [2.45, 2.75) is 51.9 Å². The summed E-state index contributed by atoms with van der Waals surface area (Å²) in [6.45, 7) is 5.81. The van der Waals surface area contributed by atoms with Gasteiger partial charge in [-0.15, -0.1) is 5.10 Å². The molecule has 9 nitrogen and oxygen atoms in total. The SMILES string of the molecule is CCC(C)(C)NC(=O)[C@H](c1ccc(O)cc1)N(Cc1ccco1)C(=O)Cn1nnc2ccccc21. The Morgan fingerprint density at radius 2 is 1.86 bits per heavy atom. The Bertz CT molecular complexity index is 1300. The van der Waals surface area contributed by atoms with Gasteiger partial charge in [-0.1, -0.05) is 36.4 Å². The second-order valence-corrected chi connectivity index (χ2v) is 9.06. The number of phenolic OH excluding ortho intramolecular Hbond substituents is 1. The van der Waals surface area contributed by atoms with Crippen molar-refractivity contribution >= 4 is 22.8 Å². The van der Waals surface area contributed by atoms with E-state index in [4.69, 9.17) is 4.42 Å². The second kappa shape index (κ2) is 10.0. The molecule has 1 atom stereocenters. The van der Waals surface area contributed by atoms with E-state index in [0.717, 1.165) is 5.52 Å². The van der Waals surface area contributed by atoms with Crippen molar-refractivity contribution in [2.24, 2.45) is 0 Å². The van der Waals surface area contributed by atoms with Gasteiger partial charge in [0.2, 0.25) is 11.8 Å². The number of phenols is 1. The number of aromatic nitrogens is 3. The summed E-state index contributed by atoms with van der Waals surface area (Å²) in [6, 6.07) is 16.2. The molecule has 0 unspecified atom stereocenters. The molecule has 2 amide bonds. The lowest BCUT2D eigenvalue weighted by atomic mass is 9.98. The number of amides is 2. The van der Waals surface area contributed by atoms with Crippen LogP contribution in [0.1, 0.15) is 44.6 Å². The number of hydrogen-bond donors (Lipinski definition) is 2. The largest absolute Gasteiger partial charge is 0.508 e. The van der Waals surface area contributed by atoms with Crippen LogP contribution in [0.15, 0.2) is 71.3 Å². The van der Waals surface area contributed by atoms with Crippen LogP contribution in [0.4, 0.5) is 0 Å². The van der Waals surface area contributed by atoms with E-state index in [1.807, 2.05) is 45.0 Å². The maximum atomic E-state index is 13.8. The molecule has 35 heavy (non-hydrogen) atoms. The van der Waals surface area contributed by atoms with Gasteiger partial charge in [0.1, 0.15) is 29.6 Å². The van der Waals surface area contributed by atoms with E-state index in [2.05, 4.69) is 15.6 Å². The predicted molar refractivity (Wildman–Crippen MR) is 130 cm³/mol. The van der Waals surface area contributed by atoms with Crippen LogP contribution in [0.5, 0.6) is 5.75 Å². The molecule has 2 aromatic carbocycles. The summed E-state index contributed by atoms with van der Waals surface area (Å²) in [6.07, 6.45) is 2.23. The molecule has 0 radical (unpaired) electrons. The lowest BCUT2D eigenvalue weighted by molar-refractivity contribution is -0.143. The molecular formula is C26H29N5O4. The van der Waals surface area contributed by atoms with E-state index in [1.54, 1.807) is 24.3 Å². The third kappa shape index (κ3) is 5.51. The fraction of sp³-hybridized carbons (Fsp3) is 0.308. The molecule has 4 aromatic rings. The average Bonchev–Trinajstić information content (AvgIpc) is 3.50. The smallest absolute Gasteiger partial charge is 0.247 e. The standard InChI is InChI=1S/C26H29N5O4/c1-4-26(2,3)27-25(34)24(18-11-13-19(32)14-12-18)30(16-20-8-7-15-35-20)23(33)17-31-22-10-6-5-9-21(22)28-29-31/h5-15,24,32H,4,16-17H2,1-3H3,(H,27,34)/t24-/m0/s1. The van der Waals surface area contributed by atoms with Gasteiger partial charge in [0, 0.05) is 5.54 Å². The van der Waals surface area contributed by atoms with Gasteiger partial charge in [0.15, 0.2) is 0 Å². The summed E-state index contributed by atoms with van der Waals surface area (Å²) in [5.74, 6) is -0.0570. The first-order valence-electron chi connectivity index (χ1n) is 11.5. The molecular weight excluding hydrogens is 446 g/mol. The summed E-state index contributed by atoms with van der Waals surface area (Å²) in [7, 11) is 0. The molecule has 9 heteroatoms. The number of furan rings is 1. The van der Waals surface area contributed by atoms with Gasteiger partial charge in [-0.05, 0) is 62.2 Å². The Labute approximate surface area is 203 Å². The summed E-state index contributed by atoms with van der Waals surface area (Å²) >= 11 is 0. The molecule has 0 aliphatic carbocycles. The Balaban J connectivity index is 1.74. The van der Waals surface area contributed by atoms with Gasteiger partial charge in [-0.2, -0.15) is 0 Å². The van der Waals surface area contributed by atoms with Crippen molar-refractivity contribution < 1.29 is 19.1 Å². The lowest BCUT2D eigenvalue weighted by Gasteiger charge is -2.34. The highest BCUT2D eigenvalue weighted by Crippen LogP contribution is 2.27. The van der Waals surface area contributed by atoms with Crippen LogP contribution in [-0.4, -0.2) is 42.4 Å². The van der Waals surface area contributed by atoms with Crippen molar-refractivity contribution in [1.82, 2.24) is 25.2 Å². The molecule has 0 saturated heterocycles. The molecule has 2 aromatic heterocycles. The van der Waals surface area contributed by atoms with E-state index >= 15 is 0 Å². The number of carbonyl (C=O) groups is 2. The molecule has 0 saturated carbocycles. The number of aromatic hydroxyl groups is 1. The lowest BCUT2D eigenvalue weighted by Crippen LogP contribution is -2.50. The molecule has 2 heterocycles. The minimum atomic E-state index is -0.964. The molecule has 0 spiro atoms. The number of benzene rings is 2. The van der Waals surface area contributed by atoms with Gasteiger partial charge in [0.05, 0.1) is 18.3 Å². The zero-order chi connectivity index (χ0) is 25.0. The van der Waals surface area contributed by atoms with E-state index in [-0.39, 0.29) is 30.7 Å². The maximum Gasteiger partial charge on any atom is 0.247 e. The maximum absolute atomic E-state index is 13.8. The minimum Gasteiger partial charge on any atom is -0.508 e. The molecule has 0 aliphatic rings. The van der Waals surface area contributed by atoms with E-state index in [9.17, 15) is 14.7 Å². The second-order valence-electron chi connectivity index (χ2n) is 9.06. The van der Waals surface area contributed by atoms with Crippen LogP contribution in [0.2, 0.25) is 0 Å². The number of rotatable bonds is 9. The van der Waals surface area contributed by atoms with Crippen molar-refractivity contribution in [1.29, 1.82) is 0 Å². The topological polar surface area (TPSA) is 113 Å². The van der Waals surface area contributed by atoms with Crippen LogP contribution in [0.3, 0.4) is 0 Å². The summed E-state index contributed by atoms with van der Waals surface area (Å²) in [5.41, 5.74) is 1.48. The molecule has 2 N–H and O–H groups in total. The number of nitrogens with one attached hydrogen (secondary N) is 1. The van der Waals surface area contributed by atoms with Crippen LogP contribution in [0.25, 0.3) is 11.0 Å². The van der Waals surface area contributed by atoms with E-state index in [1.165, 1.54) is 28.0 Å². The van der Waals surface area contributed by atoms with Crippen LogP contribution < -0.4 is 5.32 Å². The quantitative estimate of drug-likeness (QED) is 0.381. The molecule has 0 fully saturated rings. The number of para-hydroxylation sites is 1. The Hall–Kier alpha value is -4.14. The monoisotopic (exact) mass is 475 g/mol. The number of hydrogen-bond acceptors (Lipinski definition) is 6. The van der Waals surface area contributed by atoms with Gasteiger partial charge >= 0.3 is 0 Å². The summed E-state index contributed by atoms with van der Waals surface area (Å²) in [5, 5.41) is 21.1. The van der Waals surface area contributed by atoms with Crippen LogP contribution >= 0.6 is 0 Å². The normalized spacial score (nSPS) is 12.4. The number of nitrogens with zero attached hydrogens (tertiary/aromatic N) is 4. The van der Waals surface area contributed by atoms with E-state index in [0.29, 0.717) is 23.3 Å². The summed E-state index contributed by atoms with van der Waals surface area (Å²) in [4.78, 5) is 28.9. The average molecular weight is 476 g/mol. The highest BCUT2D eigenvalue weighted by atomic mass is 16.3. The first-order chi connectivity index (χ1) is 16.8. The predicted octanol–water partition coefficient (Wildman–Crippen LogP) is 3.80. The van der Waals surface area contributed by atoms with Gasteiger partial charge < -0.3 is 19.7 Å². The third-order valence-corrected chi connectivity index (χ3v) is 6.05. The Morgan fingerprint density at radius 1 is 1.11 bits per heavy atom. The Morgan fingerprint density at radius 3 is 2.54 bits per heavy atom. The van der Waals surface area contributed by atoms with Crippen molar-refractivity contribution in [2.75, 3.05) is 0 Å². The minimum absolute atomic E-state index is 0.0693. The highest BCUT2D eigenvalue weighted by molar-refractivity contribution is 5.89. The first-order valence-corrected chi connectivity index (χ1v) is 11.5. The molecule has 4 rings (SSSR count). The van der Waals surface area contributed by atoms with Crippen molar-refractivity contribution in [3.8, 4) is 5.75 Å². The van der Waals surface area contributed by atoms with Gasteiger partial charge in [0.25, 0.3) is 0 Å². The van der Waals surface area contributed by atoms with Crippen LogP contribution in [-0.2, 0) is 22.7 Å². The highest BCUT2D eigenvalue weighted by Gasteiger charge is 2.34. The van der Waals surface area contributed by atoms with Gasteiger partial charge in [-0.3, -0.25) is 9.59 Å². The molecule has 182 valence electrons. The fourth-order valence-electron chi connectivity index (χ4n) is 3.77. The summed E-state index contributed by atoms with van der Waals surface area (Å²) < 4.78 is 7.05. The molecule has 0 aliphatic heterocycles. The zero-order valence-electron chi connectivity index (χ0n) is 20.0. The van der Waals surface area contributed by atoms with Crippen molar-refractivity contribution in [3.63, 3.8) is 0 Å². The third-order valence-electron chi connectivity index (χ3n) is 6.05. The number of fused-ring (bicyclic) bond motifs is 1. The fourth-order valence-corrected chi connectivity index (χ4v) is 3.77. The zero-order valence-corrected chi connectivity index (χ0v) is 20.0. The first kappa shape index (κ1) is 24.0. The van der Waals surface area contributed by atoms with E-state index < -0.39 is 11.6 Å². The van der Waals surface area contributed by atoms with Gasteiger partial charge in [-0.25, -0.2) is 4.68 Å². The molecule has 0 bridgehead atoms. The number of carbonyl (C=O) groups excluding carboxylic acids is 2. The van der Waals surface area contributed by atoms with Crippen LogP contribution in [0, 0.1) is 0 Å².